The molecule has 0 radical (unpaired) electrons. The zero-order valence-corrected chi connectivity index (χ0v) is 52.9. The molecule has 0 fully saturated rings. The van der Waals surface area contributed by atoms with E-state index in [0.717, 1.165) is 88.9 Å². The van der Waals surface area contributed by atoms with E-state index in [1.807, 2.05) is 24.3 Å². The van der Waals surface area contributed by atoms with E-state index in [1.165, 1.54) is 109 Å². The van der Waals surface area contributed by atoms with Gasteiger partial charge < -0.3 is 27.1 Å². The Morgan fingerprint density at radius 1 is 0.194 bits per heavy atom. The molecule has 0 saturated heterocycles. The predicted octanol–water partition coefficient (Wildman–Crippen LogP) is 25.2. The topological polar surface area (TPSA) is 46.0 Å². The molecule has 0 aliphatic rings. The molecular formula is C92H56N4O2. The van der Waals surface area contributed by atoms with Gasteiger partial charge in [-0.15, -0.1) is 0 Å². The molecule has 6 aromatic heterocycles. The van der Waals surface area contributed by atoms with Crippen molar-refractivity contribution in [1.29, 1.82) is 0 Å². The number of aromatic nitrogens is 4. The van der Waals surface area contributed by atoms with E-state index >= 15 is 0 Å². The Bertz CT molecular complexity index is 7050. The molecule has 0 aliphatic carbocycles. The largest absolute Gasteiger partial charge is 0.456 e. The monoisotopic (exact) mass is 1250 g/mol. The fourth-order valence-electron chi connectivity index (χ4n) is 16.3. The Kier molecular flexibility index (Phi) is 11.7. The maximum absolute atomic E-state index is 6.49. The number of hydrogen-bond acceptors (Lipinski definition) is 2. The van der Waals surface area contributed by atoms with Gasteiger partial charge in [0, 0.05) is 98.3 Å². The molecule has 6 nitrogen and oxygen atoms in total. The molecule has 0 N–H and O–H groups in total. The molecule has 6 heterocycles. The number of benzene rings is 16. The predicted molar refractivity (Wildman–Crippen MR) is 411 cm³/mol. The minimum atomic E-state index is 0.907. The van der Waals surface area contributed by atoms with E-state index < -0.39 is 0 Å². The molecule has 22 aromatic rings. The second-order valence-corrected chi connectivity index (χ2v) is 25.8. The third kappa shape index (κ3) is 8.03. The summed E-state index contributed by atoms with van der Waals surface area (Å²) >= 11 is 0. The lowest BCUT2D eigenvalue weighted by atomic mass is 10.0. The van der Waals surface area contributed by atoms with Crippen LogP contribution in [0.15, 0.2) is 349 Å². The van der Waals surface area contributed by atoms with Crippen molar-refractivity contribution in [2.75, 3.05) is 0 Å². The first kappa shape index (κ1) is 54.3. The van der Waals surface area contributed by atoms with Crippen LogP contribution < -0.4 is 0 Å². The van der Waals surface area contributed by atoms with Crippen LogP contribution in [0, 0.1) is 0 Å². The molecular weight excluding hydrogens is 1190 g/mol. The summed E-state index contributed by atoms with van der Waals surface area (Å²) in [6, 6.07) is 123. The summed E-state index contributed by atoms with van der Waals surface area (Å²) in [6.07, 6.45) is 0. The van der Waals surface area contributed by atoms with Crippen molar-refractivity contribution in [2.24, 2.45) is 0 Å². The molecule has 22 rings (SSSR count). The van der Waals surface area contributed by atoms with Crippen LogP contribution in [0.5, 0.6) is 0 Å². The highest BCUT2D eigenvalue weighted by molar-refractivity contribution is 6.30. The van der Waals surface area contributed by atoms with E-state index in [0.29, 0.717) is 0 Å². The van der Waals surface area contributed by atoms with Crippen molar-refractivity contribution < 1.29 is 8.83 Å². The van der Waals surface area contributed by atoms with E-state index in [9.17, 15) is 0 Å². The lowest BCUT2D eigenvalue weighted by Gasteiger charge is -2.12. The molecule has 0 unspecified atom stereocenters. The third-order valence-electron chi connectivity index (χ3n) is 20.6. The van der Waals surface area contributed by atoms with Gasteiger partial charge in [-0.2, -0.15) is 0 Å². The Hall–Kier alpha value is -13.2. The number of para-hydroxylation sites is 7. The fraction of sp³-hybridized carbons (Fsp3) is 0. The average Bonchev–Trinajstić information content (AvgIpc) is 1.55. The van der Waals surface area contributed by atoms with Gasteiger partial charge in [0.05, 0.1) is 44.1 Å². The van der Waals surface area contributed by atoms with E-state index in [4.69, 9.17) is 8.83 Å². The third-order valence-corrected chi connectivity index (χ3v) is 20.6. The highest BCUT2D eigenvalue weighted by atomic mass is 16.3. The number of furan rings is 2. The quantitative estimate of drug-likeness (QED) is 0.167. The molecule has 0 bridgehead atoms. The normalized spacial score (nSPS) is 12.1. The van der Waals surface area contributed by atoms with Gasteiger partial charge in [-0.1, -0.05) is 231 Å². The first-order valence-corrected chi connectivity index (χ1v) is 33.5. The van der Waals surface area contributed by atoms with Gasteiger partial charge >= 0.3 is 0 Å². The maximum atomic E-state index is 6.49. The van der Waals surface area contributed by atoms with Crippen LogP contribution in [0.25, 0.3) is 198 Å². The van der Waals surface area contributed by atoms with Crippen LogP contribution in [0.1, 0.15) is 0 Å². The highest BCUT2D eigenvalue weighted by Crippen LogP contribution is 2.47. The summed E-state index contributed by atoms with van der Waals surface area (Å²) in [7, 11) is 0. The highest BCUT2D eigenvalue weighted by Gasteiger charge is 2.25. The van der Waals surface area contributed by atoms with Gasteiger partial charge in [-0.05, 0) is 142 Å². The van der Waals surface area contributed by atoms with E-state index in [2.05, 4.69) is 334 Å². The number of fused-ring (bicyclic) bond motifs is 23. The molecule has 0 aliphatic heterocycles. The smallest absolute Gasteiger partial charge is 0.143 e. The molecule has 456 valence electrons. The molecule has 6 heteroatoms. The van der Waals surface area contributed by atoms with Crippen molar-refractivity contribution in [3.8, 4) is 45.0 Å². The van der Waals surface area contributed by atoms with E-state index in [-0.39, 0.29) is 0 Å². The van der Waals surface area contributed by atoms with Crippen molar-refractivity contribution >= 4 is 153 Å². The van der Waals surface area contributed by atoms with Gasteiger partial charge in [0.15, 0.2) is 0 Å². The molecule has 98 heavy (non-hydrogen) atoms. The molecule has 0 spiro atoms. The number of nitrogens with zero attached hydrogens (tertiary/aromatic N) is 4. The van der Waals surface area contributed by atoms with E-state index in [1.54, 1.807) is 0 Å². The van der Waals surface area contributed by atoms with Crippen LogP contribution in [0.2, 0.25) is 0 Å². The first-order chi connectivity index (χ1) is 48.6. The molecule has 0 saturated carbocycles. The van der Waals surface area contributed by atoms with Crippen LogP contribution in [0.3, 0.4) is 0 Å². The van der Waals surface area contributed by atoms with Crippen molar-refractivity contribution in [3.63, 3.8) is 0 Å². The average molecular weight is 1250 g/mol. The van der Waals surface area contributed by atoms with Gasteiger partial charge in [0.25, 0.3) is 0 Å². The van der Waals surface area contributed by atoms with Crippen molar-refractivity contribution in [1.82, 2.24) is 18.3 Å². The van der Waals surface area contributed by atoms with Crippen molar-refractivity contribution in [2.45, 2.75) is 0 Å². The Labute approximate surface area is 561 Å². The lowest BCUT2D eigenvalue weighted by molar-refractivity contribution is 0.669. The number of hydrogen-bond donors (Lipinski definition) is 0. The summed E-state index contributed by atoms with van der Waals surface area (Å²) in [5, 5.41) is 19.6. The summed E-state index contributed by atoms with van der Waals surface area (Å²) in [6.45, 7) is 0. The minimum Gasteiger partial charge on any atom is -0.456 e. The standard InChI is InChI=1S/2C46H28N2O/c1-2-14-31(15-3-1)47-41-27-26-37-35-18-6-8-22-40(35)48(45(37)43(41)39-25-24-29-12-4-5-17-33(29)44(39)47)32-16-10-13-30(28-32)34-20-11-21-38-36-19-7-9-23-42(36)49-46(34)38;1-2-13-32(14-3-1)47-41-24-22-29-11-4-5-16-34(29)46(41)39-27-38-35-17-6-8-19-40(35)48(42(38)28-43(39)47)33-15-10-12-30(25-33)31-21-23-37-36-18-7-9-20-44(36)49-45(37)26-31/h2*1-28H. The summed E-state index contributed by atoms with van der Waals surface area (Å²) in [4.78, 5) is 0. The number of rotatable bonds is 6. The lowest BCUT2D eigenvalue weighted by Crippen LogP contribution is -1.96. The molecule has 0 atom stereocenters. The molecule has 16 aromatic carbocycles. The Morgan fingerprint density at radius 3 is 1.45 bits per heavy atom. The van der Waals surface area contributed by atoms with Crippen LogP contribution in [-0.4, -0.2) is 18.3 Å². The Morgan fingerprint density at radius 2 is 0.673 bits per heavy atom. The minimum absolute atomic E-state index is 0.907. The summed E-state index contributed by atoms with van der Waals surface area (Å²) in [5.41, 5.74) is 22.3. The zero-order chi connectivity index (χ0) is 64.1. The summed E-state index contributed by atoms with van der Waals surface area (Å²) < 4.78 is 22.5. The van der Waals surface area contributed by atoms with Gasteiger partial charge in [0.1, 0.15) is 22.3 Å². The molecule has 0 amide bonds. The second-order valence-electron chi connectivity index (χ2n) is 25.8. The fourth-order valence-corrected chi connectivity index (χ4v) is 16.3. The van der Waals surface area contributed by atoms with Crippen molar-refractivity contribution in [3.05, 3.63) is 340 Å². The SMILES string of the molecule is c1ccc(-n2c3cc4c(cc3c3c5ccccc5ccc32)c2ccccc2n4-c2cccc(-c3ccc4c(c3)oc3ccccc34)c2)cc1.c1ccc(-n2c3ccc4c5ccccc5n(-c5cccc(-c6cccc7c6oc6ccccc67)c5)c4c3c3ccc4ccccc4c32)cc1. The first-order valence-electron chi connectivity index (χ1n) is 33.5. The van der Waals surface area contributed by atoms with Gasteiger partial charge in [-0.25, -0.2) is 0 Å². The van der Waals surface area contributed by atoms with Crippen LogP contribution >= 0.6 is 0 Å². The zero-order valence-electron chi connectivity index (χ0n) is 52.9. The van der Waals surface area contributed by atoms with Crippen LogP contribution in [-0.2, 0) is 0 Å². The second kappa shape index (κ2) is 21.2. The maximum Gasteiger partial charge on any atom is 0.143 e. The summed E-state index contributed by atoms with van der Waals surface area (Å²) in [5.74, 6) is 0. The van der Waals surface area contributed by atoms with Gasteiger partial charge in [0.2, 0.25) is 0 Å². The van der Waals surface area contributed by atoms with Gasteiger partial charge in [-0.3, -0.25) is 0 Å². The Balaban J connectivity index is 0.000000129. The van der Waals surface area contributed by atoms with Crippen LogP contribution in [0.4, 0.5) is 0 Å².